The minimum absolute atomic E-state index is 0.833. The van der Waals surface area contributed by atoms with Gasteiger partial charge in [-0.05, 0) is 53.1 Å². The molecule has 4 nitrogen and oxygen atoms in total. The Morgan fingerprint density at radius 1 is 1.03 bits per heavy atom. The maximum absolute atomic E-state index is 9.00. The molecule has 0 radical (unpaired) electrons. The average molecular weight is 393 g/mol. The predicted molar refractivity (Wildman–Crippen MR) is 120 cm³/mol. The summed E-state index contributed by atoms with van der Waals surface area (Å²) in [5, 5.41) is 12.3. The van der Waals surface area contributed by atoms with E-state index >= 15 is 0 Å². The lowest BCUT2D eigenvalue weighted by Crippen LogP contribution is -2.19. The molecule has 4 heteroatoms. The van der Waals surface area contributed by atoms with Gasteiger partial charge in [-0.25, -0.2) is 0 Å². The first-order valence-electron chi connectivity index (χ1n) is 10.7. The van der Waals surface area contributed by atoms with Crippen molar-refractivity contribution in [1.29, 1.82) is 0 Å². The molecular formula is C25H32N2O2. The Hall–Kier alpha value is -2.59. The number of carboxylic acid groups (broad SMARTS) is 1. The molecule has 1 aliphatic carbocycles. The van der Waals surface area contributed by atoms with Crippen LogP contribution in [0.2, 0.25) is 0 Å². The molecule has 154 valence electrons. The fraction of sp³-hybridized carbons (Fsp3) is 0.400. The highest BCUT2D eigenvalue weighted by atomic mass is 16.4. The number of rotatable bonds is 6. The van der Waals surface area contributed by atoms with Gasteiger partial charge in [0.15, 0.2) is 0 Å². The number of benzene rings is 2. The van der Waals surface area contributed by atoms with Crippen molar-refractivity contribution < 1.29 is 9.90 Å². The van der Waals surface area contributed by atoms with Gasteiger partial charge in [0.05, 0.1) is 0 Å². The Bertz CT molecular complexity index is 889. The van der Waals surface area contributed by atoms with E-state index in [1.807, 2.05) is 6.20 Å². The average Bonchev–Trinajstić information content (AvgIpc) is 3.20. The van der Waals surface area contributed by atoms with E-state index in [2.05, 4.69) is 58.8 Å². The van der Waals surface area contributed by atoms with Crippen LogP contribution < -0.4 is 5.32 Å². The second-order valence-electron chi connectivity index (χ2n) is 7.97. The van der Waals surface area contributed by atoms with E-state index in [-0.39, 0.29) is 0 Å². The van der Waals surface area contributed by atoms with E-state index < -0.39 is 5.97 Å². The Labute approximate surface area is 173 Å². The highest BCUT2D eigenvalue weighted by Gasteiger charge is 2.12. The lowest BCUT2D eigenvalue weighted by Gasteiger charge is -2.21. The summed E-state index contributed by atoms with van der Waals surface area (Å²) in [7, 11) is 0. The third kappa shape index (κ3) is 6.75. The van der Waals surface area contributed by atoms with Crippen molar-refractivity contribution in [3.05, 3.63) is 60.3 Å². The largest absolute Gasteiger partial charge is 0.481 e. The van der Waals surface area contributed by atoms with Gasteiger partial charge in [-0.15, -0.1) is 0 Å². The summed E-state index contributed by atoms with van der Waals surface area (Å²) in [5.74, 6) is 0.131. The molecule has 0 aliphatic heterocycles. The van der Waals surface area contributed by atoms with Crippen LogP contribution in [0.25, 0.3) is 22.0 Å². The first-order valence-corrected chi connectivity index (χ1v) is 10.7. The number of hydrogen-bond acceptors (Lipinski definition) is 2. The van der Waals surface area contributed by atoms with Crippen LogP contribution >= 0.6 is 0 Å². The molecule has 0 amide bonds. The Morgan fingerprint density at radius 2 is 1.72 bits per heavy atom. The maximum atomic E-state index is 9.00. The molecule has 1 aliphatic rings. The molecule has 4 rings (SSSR count). The summed E-state index contributed by atoms with van der Waals surface area (Å²) in [6, 6.07) is 17.7. The molecule has 29 heavy (non-hydrogen) atoms. The summed E-state index contributed by atoms with van der Waals surface area (Å²) >= 11 is 0. The second-order valence-corrected chi connectivity index (χ2v) is 7.97. The first kappa shape index (κ1) is 21.1. The van der Waals surface area contributed by atoms with E-state index in [1.165, 1.54) is 66.1 Å². The van der Waals surface area contributed by atoms with Gasteiger partial charge in [0.25, 0.3) is 5.97 Å². The highest BCUT2D eigenvalue weighted by Crippen LogP contribution is 2.26. The molecule has 3 N–H and O–H groups in total. The molecular weight excluding hydrogens is 360 g/mol. The second kappa shape index (κ2) is 10.8. The molecule has 1 saturated carbocycles. The number of aliphatic carboxylic acids is 1. The minimum Gasteiger partial charge on any atom is -0.481 e. The molecule has 3 aromatic rings. The molecule has 0 saturated heterocycles. The number of hydrogen-bond donors (Lipinski definition) is 3. The zero-order valence-corrected chi connectivity index (χ0v) is 17.3. The van der Waals surface area contributed by atoms with Gasteiger partial charge >= 0.3 is 0 Å². The molecule has 0 bridgehead atoms. The molecule has 1 fully saturated rings. The Balaban J connectivity index is 0.000000552. The first-order chi connectivity index (χ1) is 14.1. The van der Waals surface area contributed by atoms with E-state index in [4.69, 9.17) is 9.90 Å². The molecule has 1 heterocycles. The quantitative estimate of drug-likeness (QED) is 0.452. The summed E-state index contributed by atoms with van der Waals surface area (Å²) < 4.78 is 0. The van der Waals surface area contributed by atoms with Gasteiger partial charge in [-0.3, -0.25) is 4.79 Å². The topological polar surface area (TPSA) is 65.1 Å². The van der Waals surface area contributed by atoms with Crippen LogP contribution in [0.5, 0.6) is 0 Å². The van der Waals surface area contributed by atoms with Crippen LogP contribution in [-0.4, -0.2) is 22.6 Å². The van der Waals surface area contributed by atoms with Crippen LogP contribution in [0.1, 0.15) is 51.0 Å². The van der Waals surface area contributed by atoms with Crippen molar-refractivity contribution in [2.75, 3.05) is 6.54 Å². The van der Waals surface area contributed by atoms with Crippen molar-refractivity contribution in [2.24, 2.45) is 5.92 Å². The van der Waals surface area contributed by atoms with Crippen LogP contribution in [0.3, 0.4) is 0 Å². The molecule has 1 aromatic heterocycles. The Kier molecular flexibility index (Phi) is 7.88. The number of fused-ring (bicyclic) bond motifs is 1. The van der Waals surface area contributed by atoms with Crippen molar-refractivity contribution in [3.8, 4) is 11.1 Å². The summed E-state index contributed by atoms with van der Waals surface area (Å²) in [6.45, 7) is 3.21. The fourth-order valence-electron chi connectivity index (χ4n) is 4.06. The summed E-state index contributed by atoms with van der Waals surface area (Å²) in [6.07, 6.45) is 10.6. The van der Waals surface area contributed by atoms with Crippen LogP contribution in [0.4, 0.5) is 0 Å². The van der Waals surface area contributed by atoms with Gasteiger partial charge < -0.3 is 15.4 Å². The van der Waals surface area contributed by atoms with Crippen molar-refractivity contribution in [2.45, 2.75) is 52.0 Å². The predicted octanol–water partition coefficient (Wildman–Crippen LogP) is 5.99. The van der Waals surface area contributed by atoms with Crippen LogP contribution in [0.15, 0.2) is 54.7 Å². The summed E-state index contributed by atoms with van der Waals surface area (Å²) in [5.41, 5.74) is 5.12. The van der Waals surface area contributed by atoms with E-state index in [0.717, 1.165) is 25.9 Å². The Morgan fingerprint density at radius 3 is 2.45 bits per heavy atom. The zero-order valence-electron chi connectivity index (χ0n) is 17.3. The van der Waals surface area contributed by atoms with E-state index in [9.17, 15) is 0 Å². The number of aromatic nitrogens is 1. The number of carboxylic acids is 1. The van der Waals surface area contributed by atoms with Crippen molar-refractivity contribution >= 4 is 16.9 Å². The third-order valence-electron chi connectivity index (χ3n) is 5.63. The maximum Gasteiger partial charge on any atom is 0.300 e. The number of carbonyl (C=O) groups is 1. The number of H-pyrrole nitrogens is 1. The van der Waals surface area contributed by atoms with Crippen LogP contribution in [-0.2, 0) is 11.3 Å². The molecule has 0 spiro atoms. The van der Waals surface area contributed by atoms with E-state index in [1.54, 1.807) is 0 Å². The van der Waals surface area contributed by atoms with Gasteiger partial charge in [-0.1, -0.05) is 68.5 Å². The molecule has 0 atom stereocenters. The fourth-order valence-corrected chi connectivity index (χ4v) is 4.06. The lowest BCUT2D eigenvalue weighted by atomic mass is 9.87. The molecule has 2 aromatic carbocycles. The molecule has 0 unspecified atom stereocenters. The van der Waals surface area contributed by atoms with Gasteiger partial charge in [0.1, 0.15) is 0 Å². The third-order valence-corrected chi connectivity index (χ3v) is 5.63. The van der Waals surface area contributed by atoms with Crippen molar-refractivity contribution in [3.63, 3.8) is 0 Å². The number of nitrogens with one attached hydrogen (secondary N) is 2. The summed E-state index contributed by atoms with van der Waals surface area (Å²) in [4.78, 5) is 12.3. The zero-order chi connectivity index (χ0) is 20.5. The van der Waals surface area contributed by atoms with Gasteiger partial charge in [-0.2, -0.15) is 0 Å². The smallest absolute Gasteiger partial charge is 0.300 e. The standard InChI is InChI=1S/C23H28N2.C2H4O2/c1-2-4-18(5-3-1)12-14-24-17-19-6-8-20(9-7-19)22-11-10-21-13-15-25-23(21)16-22;1-2(3)4/h6-11,13,15-16,18,24-25H,1-5,12,14,17H2;1H3,(H,3,4). The normalized spacial score (nSPS) is 14.4. The monoisotopic (exact) mass is 392 g/mol. The van der Waals surface area contributed by atoms with Gasteiger partial charge in [0, 0.05) is 25.2 Å². The van der Waals surface area contributed by atoms with Crippen LogP contribution in [0, 0.1) is 5.92 Å². The minimum atomic E-state index is -0.833. The highest BCUT2D eigenvalue weighted by molar-refractivity contribution is 5.84. The van der Waals surface area contributed by atoms with E-state index in [0.29, 0.717) is 0 Å². The van der Waals surface area contributed by atoms with Gasteiger partial charge in [0.2, 0.25) is 0 Å². The SMILES string of the molecule is CC(=O)O.c1cc2ccc(-c3ccc(CNCCC4CCCCC4)cc3)cc2[nH]1. The number of aromatic amines is 1. The lowest BCUT2D eigenvalue weighted by molar-refractivity contribution is -0.134. The van der Waals surface area contributed by atoms with Crippen molar-refractivity contribution in [1.82, 2.24) is 10.3 Å².